The van der Waals surface area contributed by atoms with Crippen molar-refractivity contribution in [1.29, 1.82) is 0 Å². The van der Waals surface area contributed by atoms with Crippen LogP contribution in [0.4, 0.5) is 5.69 Å². The number of rotatable bonds is 3. The summed E-state index contributed by atoms with van der Waals surface area (Å²) in [6, 6.07) is 18.2. The lowest BCUT2D eigenvalue weighted by molar-refractivity contribution is 0.290. The molecular formula is C22H27NO. The molecule has 1 saturated carbocycles. The van der Waals surface area contributed by atoms with Crippen LogP contribution in [0.1, 0.15) is 49.3 Å². The highest BCUT2D eigenvalue weighted by atomic mass is 16.5. The summed E-state index contributed by atoms with van der Waals surface area (Å²) in [7, 11) is 1.76. The summed E-state index contributed by atoms with van der Waals surface area (Å²) in [5, 5.41) is 0. The van der Waals surface area contributed by atoms with Crippen LogP contribution in [-0.2, 0) is 6.42 Å². The molecule has 0 amide bonds. The van der Waals surface area contributed by atoms with E-state index in [2.05, 4.69) is 53.4 Å². The van der Waals surface area contributed by atoms with Gasteiger partial charge in [-0.3, -0.25) is 0 Å². The monoisotopic (exact) mass is 321 g/mol. The molecule has 1 heterocycles. The Hall–Kier alpha value is -1.96. The standard InChI is InChI=1S/C22H27NO/c1-24-20-12-13-21-18(16-20)14-15-23(19-10-6-3-7-11-19)22(21)17-8-4-2-5-9-17/h3,6-7,10-13,16-17,22H,2,4-5,8-9,14-15H2,1H3. The predicted molar refractivity (Wildman–Crippen MR) is 99.8 cm³/mol. The van der Waals surface area contributed by atoms with Crippen LogP contribution in [0.3, 0.4) is 0 Å². The van der Waals surface area contributed by atoms with Crippen LogP contribution in [0.15, 0.2) is 48.5 Å². The first-order chi connectivity index (χ1) is 11.9. The Morgan fingerprint density at radius 3 is 2.50 bits per heavy atom. The maximum atomic E-state index is 5.46. The van der Waals surface area contributed by atoms with Gasteiger partial charge in [-0.2, -0.15) is 0 Å². The van der Waals surface area contributed by atoms with Gasteiger partial charge in [0.2, 0.25) is 0 Å². The fourth-order valence-electron chi connectivity index (χ4n) is 4.63. The minimum atomic E-state index is 0.516. The molecule has 24 heavy (non-hydrogen) atoms. The van der Waals surface area contributed by atoms with Gasteiger partial charge in [-0.05, 0) is 60.6 Å². The molecule has 2 aromatic rings. The number of hydrogen-bond donors (Lipinski definition) is 0. The number of methoxy groups -OCH3 is 1. The number of anilines is 1. The number of para-hydroxylation sites is 1. The zero-order valence-electron chi connectivity index (χ0n) is 14.6. The largest absolute Gasteiger partial charge is 0.497 e. The second-order valence-corrected chi connectivity index (χ2v) is 7.19. The van der Waals surface area contributed by atoms with Gasteiger partial charge in [-0.25, -0.2) is 0 Å². The summed E-state index contributed by atoms with van der Waals surface area (Å²) in [5.41, 5.74) is 4.38. The molecule has 2 nitrogen and oxygen atoms in total. The Morgan fingerprint density at radius 1 is 0.958 bits per heavy atom. The van der Waals surface area contributed by atoms with Crippen LogP contribution >= 0.6 is 0 Å². The van der Waals surface area contributed by atoms with E-state index in [-0.39, 0.29) is 0 Å². The number of ether oxygens (including phenoxy) is 1. The Kier molecular flexibility index (Phi) is 4.46. The summed E-state index contributed by atoms with van der Waals surface area (Å²) in [6.07, 6.45) is 8.00. The van der Waals surface area contributed by atoms with Crippen LogP contribution in [0.25, 0.3) is 0 Å². The first-order valence-corrected chi connectivity index (χ1v) is 9.35. The van der Waals surface area contributed by atoms with E-state index >= 15 is 0 Å². The molecule has 1 unspecified atom stereocenters. The van der Waals surface area contributed by atoms with Crippen LogP contribution in [0.5, 0.6) is 5.75 Å². The molecule has 4 rings (SSSR count). The Labute approximate surface area is 145 Å². The van der Waals surface area contributed by atoms with Crippen molar-refractivity contribution in [3.8, 4) is 5.75 Å². The van der Waals surface area contributed by atoms with Gasteiger partial charge in [0.25, 0.3) is 0 Å². The molecule has 0 N–H and O–H groups in total. The molecule has 0 spiro atoms. The van der Waals surface area contributed by atoms with Gasteiger partial charge in [-0.1, -0.05) is 43.5 Å². The summed E-state index contributed by atoms with van der Waals surface area (Å²) >= 11 is 0. The molecule has 2 heteroatoms. The molecule has 2 aromatic carbocycles. The van der Waals surface area contributed by atoms with E-state index in [1.165, 1.54) is 48.9 Å². The molecule has 126 valence electrons. The molecular weight excluding hydrogens is 294 g/mol. The van der Waals surface area contributed by atoms with Gasteiger partial charge >= 0.3 is 0 Å². The van der Waals surface area contributed by atoms with Crippen LogP contribution in [-0.4, -0.2) is 13.7 Å². The van der Waals surface area contributed by atoms with Gasteiger partial charge in [0.15, 0.2) is 0 Å². The molecule has 1 aliphatic heterocycles. The molecule has 0 radical (unpaired) electrons. The van der Waals surface area contributed by atoms with Gasteiger partial charge in [0.05, 0.1) is 13.2 Å². The van der Waals surface area contributed by atoms with E-state index in [1.54, 1.807) is 7.11 Å². The molecule has 1 aliphatic carbocycles. The molecule has 2 aliphatic rings. The fourth-order valence-corrected chi connectivity index (χ4v) is 4.63. The van der Waals surface area contributed by atoms with E-state index in [0.29, 0.717) is 6.04 Å². The van der Waals surface area contributed by atoms with Crippen molar-refractivity contribution in [2.75, 3.05) is 18.6 Å². The smallest absolute Gasteiger partial charge is 0.119 e. The van der Waals surface area contributed by atoms with Gasteiger partial charge in [0, 0.05) is 12.2 Å². The van der Waals surface area contributed by atoms with Crippen molar-refractivity contribution < 1.29 is 4.74 Å². The normalized spacial score (nSPS) is 21.4. The third-order valence-corrected chi connectivity index (χ3v) is 5.81. The van der Waals surface area contributed by atoms with E-state index in [1.807, 2.05) is 0 Å². The highest BCUT2D eigenvalue weighted by molar-refractivity contribution is 5.53. The zero-order chi connectivity index (χ0) is 16.4. The summed E-state index contributed by atoms with van der Waals surface area (Å²) in [4.78, 5) is 2.66. The predicted octanol–water partition coefficient (Wildman–Crippen LogP) is 5.38. The number of fused-ring (bicyclic) bond motifs is 1. The topological polar surface area (TPSA) is 12.5 Å². The van der Waals surface area contributed by atoms with Gasteiger partial charge < -0.3 is 9.64 Å². The summed E-state index contributed by atoms with van der Waals surface area (Å²) < 4.78 is 5.46. The SMILES string of the molecule is COc1ccc2c(c1)CCN(c1ccccc1)C2C1CCCCC1. The number of hydrogen-bond acceptors (Lipinski definition) is 2. The third kappa shape index (κ3) is 2.90. The zero-order valence-corrected chi connectivity index (χ0v) is 14.6. The van der Waals surface area contributed by atoms with Crippen molar-refractivity contribution in [3.63, 3.8) is 0 Å². The Bertz CT molecular complexity index is 676. The van der Waals surface area contributed by atoms with Crippen LogP contribution < -0.4 is 9.64 Å². The van der Waals surface area contributed by atoms with E-state index in [0.717, 1.165) is 24.6 Å². The first-order valence-electron chi connectivity index (χ1n) is 9.35. The first kappa shape index (κ1) is 15.6. The average Bonchev–Trinajstić information content (AvgIpc) is 2.68. The lowest BCUT2D eigenvalue weighted by Crippen LogP contribution is -2.40. The Balaban J connectivity index is 1.74. The van der Waals surface area contributed by atoms with Gasteiger partial charge in [-0.15, -0.1) is 0 Å². The van der Waals surface area contributed by atoms with E-state index in [9.17, 15) is 0 Å². The highest BCUT2D eigenvalue weighted by Gasteiger charge is 2.34. The minimum Gasteiger partial charge on any atom is -0.497 e. The van der Waals surface area contributed by atoms with Crippen molar-refractivity contribution in [1.82, 2.24) is 0 Å². The third-order valence-electron chi connectivity index (χ3n) is 5.81. The number of nitrogens with zero attached hydrogens (tertiary/aromatic N) is 1. The van der Waals surface area contributed by atoms with Crippen molar-refractivity contribution in [3.05, 3.63) is 59.7 Å². The average molecular weight is 321 g/mol. The second-order valence-electron chi connectivity index (χ2n) is 7.19. The minimum absolute atomic E-state index is 0.516. The lowest BCUT2D eigenvalue weighted by atomic mass is 9.77. The van der Waals surface area contributed by atoms with Crippen molar-refractivity contribution in [2.45, 2.75) is 44.6 Å². The summed E-state index contributed by atoms with van der Waals surface area (Å²) in [5.74, 6) is 1.76. The summed E-state index contributed by atoms with van der Waals surface area (Å²) in [6.45, 7) is 1.10. The molecule has 0 bridgehead atoms. The maximum Gasteiger partial charge on any atom is 0.119 e. The van der Waals surface area contributed by atoms with Crippen molar-refractivity contribution in [2.24, 2.45) is 5.92 Å². The Morgan fingerprint density at radius 2 is 1.75 bits per heavy atom. The van der Waals surface area contributed by atoms with Gasteiger partial charge in [0.1, 0.15) is 5.75 Å². The highest BCUT2D eigenvalue weighted by Crippen LogP contribution is 2.44. The number of benzene rings is 2. The fraction of sp³-hybridized carbons (Fsp3) is 0.455. The van der Waals surface area contributed by atoms with E-state index < -0.39 is 0 Å². The quantitative estimate of drug-likeness (QED) is 0.752. The van der Waals surface area contributed by atoms with Crippen molar-refractivity contribution >= 4 is 5.69 Å². The second kappa shape index (κ2) is 6.88. The maximum absolute atomic E-state index is 5.46. The molecule has 1 fully saturated rings. The molecule has 0 aromatic heterocycles. The molecule has 0 saturated heterocycles. The van der Waals surface area contributed by atoms with Crippen LogP contribution in [0, 0.1) is 5.92 Å². The lowest BCUT2D eigenvalue weighted by Gasteiger charge is -2.44. The molecule has 1 atom stereocenters. The van der Waals surface area contributed by atoms with Crippen LogP contribution in [0.2, 0.25) is 0 Å². The van der Waals surface area contributed by atoms with E-state index in [4.69, 9.17) is 4.74 Å².